The van der Waals surface area contributed by atoms with Gasteiger partial charge in [-0.15, -0.1) is 0 Å². The average Bonchev–Trinajstić information content (AvgIpc) is 3.18. The van der Waals surface area contributed by atoms with Crippen LogP contribution in [0.1, 0.15) is 23.6 Å². The predicted molar refractivity (Wildman–Crippen MR) is 84.1 cm³/mol. The molecule has 0 radical (unpaired) electrons. The minimum atomic E-state index is 0.583. The first-order valence-electron chi connectivity index (χ1n) is 6.32. The number of halogens is 2. The van der Waals surface area contributed by atoms with Crippen molar-refractivity contribution in [3.8, 4) is 0 Å². The van der Waals surface area contributed by atoms with Gasteiger partial charge < -0.3 is 5.32 Å². The van der Waals surface area contributed by atoms with Gasteiger partial charge >= 0.3 is 0 Å². The SMILES string of the molecule is Brc1cnc(CNC2CC2c2ccccc2)c(Br)c1. The third-order valence-corrected chi connectivity index (χ3v) is 4.55. The van der Waals surface area contributed by atoms with E-state index < -0.39 is 0 Å². The molecule has 0 bridgehead atoms. The molecular weight excluding hydrogens is 368 g/mol. The number of nitrogens with zero attached hydrogens (tertiary/aromatic N) is 1. The third-order valence-electron chi connectivity index (χ3n) is 3.43. The van der Waals surface area contributed by atoms with Crippen molar-refractivity contribution in [3.05, 3.63) is 62.8 Å². The monoisotopic (exact) mass is 380 g/mol. The molecule has 1 heterocycles. The molecule has 1 aliphatic carbocycles. The highest BCUT2D eigenvalue weighted by Gasteiger charge is 2.37. The van der Waals surface area contributed by atoms with Gasteiger partial charge in [0.05, 0.1) is 5.69 Å². The number of rotatable bonds is 4. The molecule has 1 fully saturated rings. The highest BCUT2D eigenvalue weighted by molar-refractivity contribution is 9.11. The van der Waals surface area contributed by atoms with Crippen LogP contribution in [0.15, 0.2) is 51.5 Å². The lowest BCUT2D eigenvalue weighted by Gasteiger charge is -2.06. The number of hydrogen-bond donors (Lipinski definition) is 1. The van der Waals surface area contributed by atoms with Crippen LogP contribution >= 0.6 is 31.9 Å². The van der Waals surface area contributed by atoms with Gasteiger partial charge in [0, 0.05) is 33.6 Å². The van der Waals surface area contributed by atoms with Gasteiger partial charge in [0.25, 0.3) is 0 Å². The molecule has 19 heavy (non-hydrogen) atoms. The Morgan fingerprint density at radius 1 is 1.21 bits per heavy atom. The van der Waals surface area contributed by atoms with Crippen LogP contribution in [0.4, 0.5) is 0 Å². The molecule has 2 atom stereocenters. The Bertz CT molecular complexity index is 572. The van der Waals surface area contributed by atoms with Gasteiger partial charge in [-0.1, -0.05) is 30.3 Å². The molecule has 3 rings (SSSR count). The molecule has 0 amide bonds. The lowest BCUT2D eigenvalue weighted by atomic mass is 10.1. The topological polar surface area (TPSA) is 24.9 Å². The first-order valence-corrected chi connectivity index (χ1v) is 7.91. The molecule has 2 aromatic rings. The van der Waals surface area contributed by atoms with E-state index >= 15 is 0 Å². The minimum absolute atomic E-state index is 0.583. The smallest absolute Gasteiger partial charge is 0.0684 e. The Morgan fingerprint density at radius 2 is 2.00 bits per heavy atom. The molecule has 1 aromatic carbocycles. The van der Waals surface area contributed by atoms with Crippen molar-refractivity contribution in [2.75, 3.05) is 0 Å². The summed E-state index contributed by atoms with van der Waals surface area (Å²) in [7, 11) is 0. The quantitative estimate of drug-likeness (QED) is 0.856. The molecule has 1 saturated carbocycles. The standard InChI is InChI=1S/C15H14Br2N2/c16-11-6-13(17)15(18-8-11)9-19-14-7-12(14)10-4-2-1-3-5-10/h1-6,8,12,14,19H,7,9H2. The fourth-order valence-corrected chi connectivity index (χ4v) is 3.42. The van der Waals surface area contributed by atoms with Crippen molar-refractivity contribution < 1.29 is 0 Å². The predicted octanol–water partition coefficient (Wildman–Crippen LogP) is 4.25. The summed E-state index contributed by atoms with van der Waals surface area (Å²) in [5.41, 5.74) is 2.49. The van der Waals surface area contributed by atoms with Gasteiger partial charge in [-0.25, -0.2) is 0 Å². The van der Waals surface area contributed by atoms with Crippen LogP contribution in [-0.4, -0.2) is 11.0 Å². The average molecular weight is 382 g/mol. The van der Waals surface area contributed by atoms with Crippen molar-refractivity contribution >= 4 is 31.9 Å². The molecule has 4 heteroatoms. The molecule has 1 aliphatic rings. The van der Waals surface area contributed by atoms with E-state index in [0.29, 0.717) is 12.0 Å². The largest absolute Gasteiger partial charge is 0.308 e. The Morgan fingerprint density at radius 3 is 2.74 bits per heavy atom. The van der Waals surface area contributed by atoms with Crippen LogP contribution in [0.3, 0.4) is 0 Å². The van der Waals surface area contributed by atoms with Gasteiger partial charge in [-0.05, 0) is 49.9 Å². The zero-order valence-electron chi connectivity index (χ0n) is 10.3. The summed E-state index contributed by atoms with van der Waals surface area (Å²) in [4.78, 5) is 4.42. The maximum atomic E-state index is 4.42. The molecule has 1 N–H and O–H groups in total. The number of hydrogen-bond acceptors (Lipinski definition) is 2. The first-order chi connectivity index (χ1) is 9.24. The van der Waals surface area contributed by atoms with Crippen molar-refractivity contribution in [1.82, 2.24) is 10.3 Å². The Labute approximate surface area is 129 Å². The summed E-state index contributed by atoms with van der Waals surface area (Å²) < 4.78 is 2.04. The zero-order chi connectivity index (χ0) is 13.2. The van der Waals surface area contributed by atoms with Crippen LogP contribution in [0.25, 0.3) is 0 Å². The lowest BCUT2D eigenvalue weighted by molar-refractivity contribution is 0.658. The highest BCUT2D eigenvalue weighted by atomic mass is 79.9. The van der Waals surface area contributed by atoms with Crippen LogP contribution in [0.2, 0.25) is 0 Å². The van der Waals surface area contributed by atoms with Crippen molar-refractivity contribution in [3.63, 3.8) is 0 Å². The van der Waals surface area contributed by atoms with E-state index in [2.05, 4.69) is 72.5 Å². The van der Waals surface area contributed by atoms with E-state index in [1.807, 2.05) is 12.3 Å². The van der Waals surface area contributed by atoms with Gasteiger partial charge in [0.1, 0.15) is 0 Å². The fourth-order valence-electron chi connectivity index (χ4n) is 2.29. The van der Waals surface area contributed by atoms with Crippen LogP contribution < -0.4 is 5.32 Å². The van der Waals surface area contributed by atoms with Gasteiger partial charge in [-0.3, -0.25) is 4.98 Å². The summed E-state index contributed by atoms with van der Waals surface area (Å²) in [6, 6.07) is 13.3. The second-order valence-electron chi connectivity index (χ2n) is 4.82. The van der Waals surface area contributed by atoms with Crippen LogP contribution in [-0.2, 0) is 6.54 Å². The first kappa shape index (κ1) is 13.3. The molecule has 0 aliphatic heterocycles. The van der Waals surface area contributed by atoms with Gasteiger partial charge in [-0.2, -0.15) is 0 Å². The van der Waals surface area contributed by atoms with Gasteiger partial charge in [0.15, 0.2) is 0 Å². The zero-order valence-corrected chi connectivity index (χ0v) is 13.5. The number of benzene rings is 1. The van der Waals surface area contributed by atoms with E-state index in [4.69, 9.17) is 0 Å². The lowest BCUT2D eigenvalue weighted by Crippen LogP contribution is -2.18. The number of pyridine rings is 1. The molecule has 0 saturated heterocycles. The van der Waals surface area contributed by atoms with E-state index in [9.17, 15) is 0 Å². The number of aromatic nitrogens is 1. The third kappa shape index (κ3) is 3.25. The van der Waals surface area contributed by atoms with E-state index in [1.54, 1.807) is 0 Å². The Kier molecular flexibility index (Phi) is 4.01. The maximum Gasteiger partial charge on any atom is 0.0684 e. The minimum Gasteiger partial charge on any atom is -0.308 e. The summed E-state index contributed by atoms with van der Waals surface area (Å²) in [6.45, 7) is 0.807. The van der Waals surface area contributed by atoms with Crippen LogP contribution in [0, 0.1) is 0 Å². The molecular formula is C15H14Br2N2. The highest BCUT2D eigenvalue weighted by Crippen LogP contribution is 2.40. The molecule has 2 nitrogen and oxygen atoms in total. The van der Waals surface area contributed by atoms with E-state index in [1.165, 1.54) is 12.0 Å². The van der Waals surface area contributed by atoms with E-state index in [-0.39, 0.29) is 0 Å². The van der Waals surface area contributed by atoms with Crippen molar-refractivity contribution in [1.29, 1.82) is 0 Å². The van der Waals surface area contributed by atoms with Crippen molar-refractivity contribution in [2.24, 2.45) is 0 Å². The molecule has 2 unspecified atom stereocenters. The molecule has 0 spiro atoms. The van der Waals surface area contributed by atoms with Crippen molar-refractivity contribution in [2.45, 2.75) is 24.9 Å². The second-order valence-corrected chi connectivity index (χ2v) is 6.59. The summed E-state index contributed by atoms with van der Waals surface area (Å²) >= 11 is 6.96. The van der Waals surface area contributed by atoms with Crippen LogP contribution in [0.5, 0.6) is 0 Å². The number of nitrogens with one attached hydrogen (secondary N) is 1. The fraction of sp³-hybridized carbons (Fsp3) is 0.267. The Hall–Kier alpha value is -0.710. The summed E-state index contributed by atoms with van der Waals surface area (Å²) in [6.07, 6.45) is 3.06. The molecule has 98 valence electrons. The van der Waals surface area contributed by atoms with Gasteiger partial charge in [0.2, 0.25) is 0 Å². The second kappa shape index (κ2) is 5.73. The molecule has 1 aromatic heterocycles. The Balaban J connectivity index is 1.57. The summed E-state index contributed by atoms with van der Waals surface area (Å²) in [5.74, 6) is 0.662. The summed E-state index contributed by atoms with van der Waals surface area (Å²) in [5, 5.41) is 3.57. The van der Waals surface area contributed by atoms with E-state index in [0.717, 1.165) is 21.2 Å². The maximum absolute atomic E-state index is 4.42. The normalized spacial score (nSPS) is 21.4.